The van der Waals surface area contributed by atoms with Gasteiger partial charge in [0.25, 0.3) is 0 Å². The maximum Gasteiger partial charge on any atom is 0.0991 e. The van der Waals surface area contributed by atoms with Crippen LogP contribution in [0.15, 0.2) is 24.3 Å². The lowest BCUT2D eigenvalue weighted by molar-refractivity contribution is 0.0482. The minimum absolute atomic E-state index is 0.632. The molecular weight excluding hydrogens is 246 g/mol. The topological polar surface area (TPSA) is 39.1 Å². The Kier molecular flexibility index (Phi) is 4.05. The molecule has 2 aliphatic heterocycles. The molecule has 2 heterocycles. The van der Waals surface area contributed by atoms with Gasteiger partial charge in [0.05, 0.1) is 11.6 Å². The summed E-state index contributed by atoms with van der Waals surface area (Å²) in [6.45, 7) is 0.878. The molecule has 2 bridgehead atoms. The van der Waals surface area contributed by atoms with Crippen molar-refractivity contribution < 1.29 is 0 Å². The van der Waals surface area contributed by atoms with Crippen molar-refractivity contribution in [3.63, 3.8) is 0 Å². The molecule has 2 aliphatic rings. The number of nitriles is 1. The molecule has 20 heavy (non-hydrogen) atoms. The molecule has 2 saturated heterocycles. The summed E-state index contributed by atoms with van der Waals surface area (Å²) >= 11 is 0. The number of piperidine rings is 2. The van der Waals surface area contributed by atoms with Crippen molar-refractivity contribution >= 4 is 0 Å². The van der Waals surface area contributed by atoms with Gasteiger partial charge in [0, 0.05) is 24.7 Å². The molecule has 1 N–H and O–H groups in total. The Balaban J connectivity index is 1.58. The number of rotatable bonds is 3. The molecule has 0 spiro atoms. The molecule has 0 aromatic heterocycles. The predicted molar refractivity (Wildman–Crippen MR) is 80.2 cm³/mol. The predicted octanol–water partition coefficient (Wildman–Crippen LogP) is 2.66. The van der Waals surface area contributed by atoms with E-state index in [1.807, 2.05) is 18.2 Å². The van der Waals surface area contributed by atoms with Gasteiger partial charge in [-0.05, 0) is 50.4 Å². The average Bonchev–Trinajstić information content (AvgIpc) is 2.46. The van der Waals surface area contributed by atoms with E-state index in [2.05, 4.69) is 29.4 Å². The Labute approximate surface area is 121 Å². The molecule has 2 fully saturated rings. The third kappa shape index (κ3) is 2.87. The van der Waals surface area contributed by atoms with Crippen molar-refractivity contribution in [2.75, 3.05) is 7.05 Å². The lowest BCUT2D eigenvalue weighted by Gasteiger charge is -2.47. The van der Waals surface area contributed by atoms with Gasteiger partial charge in [-0.2, -0.15) is 5.26 Å². The first-order valence-corrected chi connectivity index (χ1v) is 7.70. The van der Waals surface area contributed by atoms with Crippen LogP contribution in [-0.4, -0.2) is 30.1 Å². The fraction of sp³-hybridized carbons (Fsp3) is 0.588. The normalized spacial score (nSPS) is 29.9. The number of fused-ring (bicyclic) bond motifs is 2. The van der Waals surface area contributed by atoms with E-state index in [0.717, 1.165) is 24.2 Å². The number of benzene rings is 1. The van der Waals surface area contributed by atoms with Crippen LogP contribution in [0.1, 0.15) is 43.2 Å². The lowest BCUT2D eigenvalue weighted by Crippen LogP contribution is -2.54. The number of hydrogen-bond acceptors (Lipinski definition) is 3. The molecule has 106 valence electrons. The highest BCUT2D eigenvalue weighted by Gasteiger charge is 2.35. The van der Waals surface area contributed by atoms with Crippen LogP contribution < -0.4 is 5.32 Å². The Morgan fingerprint density at radius 2 is 2.05 bits per heavy atom. The zero-order valence-corrected chi connectivity index (χ0v) is 12.2. The van der Waals surface area contributed by atoms with Crippen molar-refractivity contribution in [2.45, 2.75) is 56.8 Å². The van der Waals surface area contributed by atoms with Crippen molar-refractivity contribution in [1.82, 2.24) is 10.2 Å². The second-order valence-electron chi connectivity index (χ2n) is 6.27. The standard InChI is InChI=1S/C17H23N3/c1-20-16-6-3-7-17(20)10-15(9-16)19-12-14-5-2-4-13(8-14)11-18/h2,4-5,8,15-17,19H,3,6-7,9-10,12H2,1H3. The van der Waals surface area contributed by atoms with Gasteiger partial charge >= 0.3 is 0 Å². The molecule has 0 aliphatic carbocycles. The largest absolute Gasteiger partial charge is 0.310 e. The summed E-state index contributed by atoms with van der Waals surface area (Å²) in [6.07, 6.45) is 6.65. The molecule has 3 heteroatoms. The van der Waals surface area contributed by atoms with Crippen LogP contribution in [0.3, 0.4) is 0 Å². The van der Waals surface area contributed by atoms with Crippen molar-refractivity contribution in [3.05, 3.63) is 35.4 Å². The Bertz CT molecular complexity index is 491. The maximum absolute atomic E-state index is 8.94. The van der Waals surface area contributed by atoms with Gasteiger partial charge < -0.3 is 10.2 Å². The van der Waals surface area contributed by atoms with E-state index < -0.39 is 0 Å². The van der Waals surface area contributed by atoms with Crippen LogP contribution in [0, 0.1) is 11.3 Å². The van der Waals surface area contributed by atoms with Crippen LogP contribution in [0.5, 0.6) is 0 Å². The minimum Gasteiger partial charge on any atom is -0.310 e. The summed E-state index contributed by atoms with van der Waals surface area (Å²) in [7, 11) is 2.29. The van der Waals surface area contributed by atoms with Crippen molar-refractivity contribution in [2.24, 2.45) is 0 Å². The fourth-order valence-electron chi connectivity index (χ4n) is 3.80. The van der Waals surface area contributed by atoms with Crippen molar-refractivity contribution in [1.29, 1.82) is 5.26 Å². The van der Waals surface area contributed by atoms with E-state index in [0.29, 0.717) is 6.04 Å². The minimum atomic E-state index is 0.632. The zero-order valence-electron chi connectivity index (χ0n) is 12.2. The zero-order chi connectivity index (χ0) is 13.9. The van der Waals surface area contributed by atoms with Crippen LogP contribution >= 0.6 is 0 Å². The monoisotopic (exact) mass is 269 g/mol. The number of nitrogens with one attached hydrogen (secondary N) is 1. The molecule has 3 rings (SSSR count). The first kappa shape index (κ1) is 13.6. The summed E-state index contributed by atoms with van der Waals surface area (Å²) in [4.78, 5) is 2.60. The quantitative estimate of drug-likeness (QED) is 0.917. The highest BCUT2D eigenvalue weighted by Crippen LogP contribution is 2.32. The highest BCUT2D eigenvalue weighted by atomic mass is 15.2. The van der Waals surface area contributed by atoms with Crippen LogP contribution in [0.25, 0.3) is 0 Å². The van der Waals surface area contributed by atoms with Gasteiger partial charge in [0.1, 0.15) is 0 Å². The first-order chi connectivity index (χ1) is 9.76. The molecule has 3 nitrogen and oxygen atoms in total. The lowest BCUT2D eigenvalue weighted by atomic mass is 9.82. The molecular formula is C17H23N3. The summed E-state index contributed by atoms with van der Waals surface area (Å²) in [6, 6.07) is 12.3. The van der Waals surface area contributed by atoms with E-state index in [1.165, 1.54) is 37.7 Å². The van der Waals surface area contributed by atoms with Gasteiger partial charge in [-0.1, -0.05) is 18.6 Å². The molecule has 1 aromatic rings. The van der Waals surface area contributed by atoms with Gasteiger partial charge in [0.15, 0.2) is 0 Å². The van der Waals surface area contributed by atoms with E-state index in [-0.39, 0.29) is 0 Å². The van der Waals surface area contributed by atoms with E-state index >= 15 is 0 Å². The Hall–Kier alpha value is -1.37. The first-order valence-electron chi connectivity index (χ1n) is 7.70. The summed E-state index contributed by atoms with van der Waals surface area (Å²) in [5.41, 5.74) is 1.97. The van der Waals surface area contributed by atoms with E-state index in [9.17, 15) is 0 Å². The average molecular weight is 269 g/mol. The van der Waals surface area contributed by atoms with Gasteiger partial charge in [-0.3, -0.25) is 0 Å². The maximum atomic E-state index is 8.94. The second-order valence-corrected chi connectivity index (χ2v) is 6.27. The number of nitrogens with zero attached hydrogens (tertiary/aromatic N) is 2. The van der Waals surface area contributed by atoms with E-state index in [4.69, 9.17) is 5.26 Å². The van der Waals surface area contributed by atoms with Crippen LogP contribution in [0.2, 0.25) is 0 Å². The third-order valence-corrected chi connectivity index (χ3v) is 4.99. The summed E-state index contributed by atoms with van der Waals surface area (Å²) in [5, 5.41) is 12.6. The Morgan fingerprint density at radius 1 is 1.30 bits per heavy atom. The van der Waals surface area contributed by atoms with Gasteiger partial charge in [-0.15, -0.1) is 0 Å². The summed E-state index contributed by atoms with van der Waals surface area (Å²) < 4.78 is 0. The third-order valence-electron chi connectivity index (χ3n) is 4.99. The number of hydrogen-bond donors (Lipinski definition) is 1. The molecule has 2 atom stereocenters. The highest BCUT2D eigenvalue weighted by molar-refractivity contribution is 5.32. The van der Waals surface area contributed by atoms with Crippen LogP contribution in [-0.2, 0) is 6.54 Å². The molecule has 0 radical (unpaired) electrons. The summed E-state index contributed by atoms with van der Waals surface area (Å²) in [5.74, 6) is 0. The molecule has 0 saturated carbocycles. The van der Waals surface area contributed by atoms with Gasteiger partial charge in [0.2, 0.25) is 0 Å². The Morgan fingerprint density at radius 3 is 2.75 bits per heavy atom. The SMILES string of the molecule is CN1C2CCCC1CC(NCc1cccc(C#N)c1)C2. The van der Waals surface area contributed by atoms with E-state index in [1.54, 1.807) is 0 Å². The van der Waals surface area contributed by atoms with Crippen molar-refractivity contribution in [3.8, 4) is 6.07 Å². The smallest absolute Gasteiger partial charge is 0.0991 e. The fourth-order valence-corrected chi connectivity index (χ4v) is 3.80. The van der Waals surface area contributed by atoms with Crippen LogP contribution in [0.4, 0.5) is 0 Å². The molecule has 1 aromatic carbocycles. The second kappa shape index (κ2) is 5.95. The molecule has 2 unspecified atom stereocenters. The molecule has 0 amide bonds. The van der Waals surface area contributed by atoms with Gasteiger partial charge in [-0.25, -0.2) is 0 Å².